The number of hydrogen-bond acceptors (Lipinski definition) is 5. The van der Waals surface area contributed by atoms with Gasteiger partial charge in [0.25, 0.3) is 5.91 Å². The van der Waals surface area contributed by atoms with Crippen LogP contribution < -0.4 is 10.1 Å². The molecule has 0 aromatic heterocycles. The fraction of sp³-hybridized carbons (Fsp3) is 0.381. The molecule has 0 aliphatic carbocycles. The zero-order valence-corrected chi connectivity index (χ0v) is 17.6. The van der Waals surface area contributed by atoms with Gasteiger partial charge in [-0.15, -0.1) is 0 Å². The highest BCUT2D eigenvalue weighted by Crippen LogP contribution is 2.25. The van der Waals surface area contributed by atoms with Crippen molar-refractivity contribution in [3.05, 3.63) is 54.1 Å². The van der Waals surface area contributed by atoms with Gasteiger partial charge in [0, 0.05) is 18.7 Å². The molecule has 156 valence electrons. The Morgan fingerprint density at radius 2 is 1.83 bits per heavy atom. The molecule has 1 fully saturated rings. The van der Waals surface area contributed by atoms with Crippen LogP contribution >= 0.6 is 0 Å². The molecule has 1 saturated heterocycles. The zero-order chi connectivity index (χ0) is 21.0. The highest BCUT2D eigenvalue weighted by Gasteiger charge is 2.32. The van der Waals surface area contributed by atoms with E-state index in [1.807, 2.05) is 26.8 Å². The largest absolute Gasteiger partial charge is 0.492 e. The van der Waals surface area contributed by atoms with Crippen LogP contribution in [0.2, 0.25) is 0 Å². The van der Waals surface area contributed by atoms with Crippen molar-refractivity contribution < 1.29 is 22.7 Å². The van der Waals surface area contributed by atoms with E-state index in [0.29, 0.717) is 18.0 Å². The number of benzene rings is 2. The number of para-hydroxylation sites is 2. The number of rotatable bonds is 6. The molecule has 1 amide bonds. The first-order valence-corrected chi connectivity index (χ1v) is 11.0. The maximum atomic E-state index is 13.1. The summed E-state index contributed by atoms with van der Waals surface area (Å²) in [5.74, 6) is 0.154. The summed E-state index contributed by atoms with van der Waals surface area (Å²) in [5, 5.41) is 2.79. The monoisotopic (exact) mass is 418 g/mol. The number of sulfonamides is 1. The van der Waals surface area contributed by atoms with E-state index in [-0.39, 0.29) is 35.8 Å². The van der Waals surface area contributed by atoms with Crippen LogP contribution in [-0.4, -0.2) is 50.5 Å². The molecule has 3 rings (SSSR count). The van der Waals surface area contributed by atoms with Crippen molar-refractivity contribution in [3.63, 3.8) is 0 Å². The number of ether oxygens (including phenoxy) is 2. The van der Waals surface area contributed by atoms with E-state index < -0.39 is 15.9 Å². The molecule has 1 heterocycles. The number of nitrogens with zero attached hydrogens (tertiary/aromatic N) is 1. The number of hydrogen-bond donors (Lipinski definition) is 1. The van der Waals surface area contributed by atoms with Gasteiger partial charge in [-0.3, -0.25) is 4.79 Å². The third kappa shape index (κ3) is 4.95. The Morgan fingerprint density at radius 1 is 1.14 bits per heavy atom. The summed E-state index contributed by atoms with van der Waals surface area (Å²) < 4.78 is 38.7. The number of nitrogens with one attached hydrogen (secondary N) is 1. The minimum absolute atomic E-state index is 0.0875. The van der Waals surface area contributed by atoms with Crippen molar-refractivity contribution >= 4 is 21.6 Å². The van der Waals surface area contributed by atoms with Crippen molar-refractivity contribution in [2.75, 3.05) is 25.0 Å². The van der Waals surface area contributed by atoms with Crippen LogP contribution in [0.5, 0.6) is 5.75 Å². The quantitative estimate of drug-likeness (QED) is 0.779. The van der Waals surface area contributed by atoms with Crippen LogP contribution in [0.4, 0.5) is 5.69 Å². The van der Waals surface area contributed by atoms with Crippen LogP contribution in [0.1, 0.15) is 31.1 Å². The third-order valence-electron chi connectivity index (χ3n) is 4.56. The minimum atomic E-state index is -3.72. The Hall–Kier alpha value is -2.42. The van der Waals surface area contributed by atoms with Crippen LogP contribution in [0.3, 0.4) is 0 Å². The zero-order valence-electron chi connectivity index (χ0n) is 16.8. The lowest BCUT2D eigenvalue weighted by Crippen LogP contribution is -2.48. The molecule has 1 aliphatic heterocycles. The molecule has 29 heavy (non-hydrogen) atoms. The number of carbonyl (C=O) groups is 1. The van der Waals surface area contributed by atoms with E-state index in [1.54, 1.807) is 30.3 Å². The summed E-state index contributed by atoms with van der Waals surface area (Å²) in [6.45, 7) is 6.59. The Balaban J connectivity index is 1.83. The molecular weight excluding hydrogens is 392 g/mol. The summed E-state index contributed by atoms with van der Waals surface area (Å²) in [5.41, 5.74) is 0.787. The molecule has 1 aliphatic rings. The van der Waals surface area contributed by atoms with Crippen LogP contribution in [0.25, 0.3) is 0 Å². The van der Waals surface area contributed by atoms with Crippen molar-refractivity contribution in [3.8, 4) is 5.75 Å². The molecule has 1 N–H and O–H groups in total. The van der Waals surface area contributed by atoms with Gasteiger partial charge in [0.2, 0.25) is 10.0 Å². The molecule has 8 heteroatoms. The van der Waals surface area contributed by atoms with Gasteiger partial charge in [-0.25, -0.2) is 8.42 Å². The third-order valence-corrected chi connectivity index (χ3v) is 6.38. The van der Waals surface area contributed by atoms with E-state index >= 15 is 0 Å². The molecule has 0 saturated carbocycles. The number of anilines is 1. The first kappa shape index (κ1) is 21.3. The van der Waals surface area contributed by atoms with Crippen LogP contribution in [-0.2, 0) is 14.8 Å². The minimum Gasteiger partial charge on any atom is -0.492 e. The smallest absolute Gasteiger partial charge is 0.255 e. The lowest BCUT2D eigenvalue weighted by Gasteiger charge is -2.34. The Bertz CT molecular complexity index is 967. The summed E-state index contributed by atoms with van der Waals surface area (Å²) in [6.07, 6.45) is -0.370. The second kappa shape index (κ2) is 8.94. The SMILES string of the molecule is CCOc1ccccc1NC(=O)c1cccc(S(=O)(=O)N2C[C@@H](C)O[C@H](C)C2)c1. The van der Waals surface area contributed by atoms with Crippen LogP contribution in [0.15, 0.2) is 53.4 Å². The Labute approximate surface area is 171 Å². The molecule has 0 bridgehead atoms. The molecular formula is C21H26N2O5S. The molecule has 7 nitrogen and oxygen atoms in total. The van der Waals surface area contributed by atoms with E-state index in [1.165, 1.54) is 16.4 Å². The fourth-order valence-corrected chi connectivity index (χ4v) is 4.96. The highest BCUT2D eigenvalue weighted by molar-refractivity contribution is 7.89. The average molecular weight is 419 g/mol. The van der Waals surface area contributed by atoms with Crippen molar-refractivity contribution in [1.29, 1.82) is 0 Å². The maximum absolute atomic E-state index is 13.1. The van der Waals surface area contributed by atoms with Gasteiger partial charge < -0.3 is 14.8 Å². The highest BCUT2D eigenvalue weighted by atomic mass is 32.2. The lowest BCUT2D eigenvalue weighted by atomic mass is 10.2. The average Bonchev–Trinajstić information content (AvgIpc) is 2.69. The van der Waals surface area contributed by atoms with Gasteiger partial charge in [0.15, 0.2) is 0 Å². The van der Waals surface area contributed by atoms with Gasteiger partial charge in [0.1, 0.15) is 5.75 Å². The lowest BCUT2D eigenvalue weighted by molar-refractivity contribution is -0.0440. The number of carbonyl (C=O) groups excluding carboxylic acids is 1. The van der Waals surface area contributed by atoms with E-state index in [4.69, 9.17) is 9.47 Å². The predicted molar refractivity (Wildman–Crippen MR) is 111 cm³/mol. The second-order valence-corrected chi connectivity index (χ2v) is 8.93. The van der Waals surface area contributed by atoms with Gasteiger partial charge in [0.05, 0.1) is 29.4 Å². The summed E-state index contributed by atoms with van der Waals surface area (Å²) in [7, 11) is -3.72. The van der Waals surface area contributed by atoms with Gasteiger partial charge >= 0.3 is 0 Å². The summed E-state index contributed by atoms with van der Waals surface area (Å²) in [6, 6.07) is 13.2. The van der Waals surface area contributed by atoms with Crippen molar-refractivity contribution in [1.82, 2.24) is 4.31 Å². The first-order chi connectivity index (χ1) is 13.8. The molecule has 2 atom stereocenters. The Kier molecular flexibility index (Phi) is 6.56. The van der Waals surface area contributed by atoms with Gasteiger partial charge in [-0.05, 0) is 51.1 Å². The molecule has 0 spiro atoms. The van der Waals surface area contributed by atoms with E-state index in [2.05, 4.69) is 5.32 Å². The molecule has 2 aromatic rings. The first-order valence-electron chi connectivity index (χ1n) is 9.60. The molecule has 2 aromatic carbocycles. The fourth-order valence-electron chi connectivity index (χ4n) is 3.32. The number of amides is 1. The second-order valence-electron chi connectivity index (χ2n) is 6.99. The topological polar surface area (TPSA) is 84.9 Å². The van der Waals surface area contributed by atoms with Gasteiger partial charge in [-0.2, -0.15) is 4.31 Å². The van der Waals surface area contributed by atoms with Crippen molar-refractivity contribution in [2.24, 2.45) is 0 Å². The van der Waals surface area contributed by atoms with Gasteiger partial charge in [-0.1, -0.05) is 18.2 Å². The van der Waals surface area contributed by atoms with E-state index in [9.17, 15) is 13.2 Å². The Morgan fingerprint density at radius 3 is 2.52 bits per heavy atom. The summed E-state index contributed by atoms with van der Waals surface area (Å²) >= 11 is 0. The van der Waals surface area contributed by atoms with Crippen molar-refractivity contribution in [2.45, 2.75) is 37.9 Å². The van der Waals surface area contributed by atoms with E-state index in [0.717, 1.165) is 0 Å². The standard InChI is InChI=1S/C21H26N2O5S/c1-4-27-20-11-6-5-10-19(20)22-21(24)17-8-7-9-18(12-17)29(25,26)23-13-15(2)28-16(3)14-23/h5-12,15-16H,4,13-14H2,1-3H3,(H,22,24)/t15-,16-/m1/s1. The number of morpholine rings is 1. The summed E-state index contributed by atoms with van der Waals surface area (Å²) in [4.78, 5) is 12.8. The maximum Gasteiger partial charge on any atom is 0.255 e. The van der Waals surface area contributed by atoms with Crippen LogP contribution in [0, 0.1) is 0 Å². The predicted octanol–water partition coefficient (Wildman–Crippen LogP) is 3.14. The molecule has 0 radical (unpaired) electrons. The molecule has 0 unspecified atom stereocenters. The normalized spacial score (nSPS) is 20.2.